The Morgan fingerprint density at radius 2 is 1.75 bits per heavy atom. The molecule has 1 amide bonds. The Morgan fingerprint density at radius 1 is 1.06 bits per heavy atom. The van der Waals surface area contributed by atoms with E-state index in [1.807, 2.05) is 31.4 Å². The molecule has 0 saturated heterocycles. The van der Waals surface area contributed by atoms with E-state index in [-0.39, 0.29) is 18.0 Å². The fourth-order valence-corrected chi connectivity index (χ4v) is 5.47. The van der Waals surface area contributed by atoms with Crippen LogP contribution in [-0.4, -0.2) is 53.0 Å². The van der Waals surface area contributed by atoms with Crippen LogP contribution in [0.15, 0.2) is 82.6 Å². The highest BCUT2D eigenvalue weighted by Gasteiger charge is 2.28. The third kappa shape index (κ3) is 6.06. The van der Waals surface area contributed by atoms with E-state index < -0.39 is 28.6 Å². The summed E-state index contributed by atoms with van der Waals surface area (Å²) in [6, 6.07) is 20.5. The molecule has 0 radical (unpaired) electrons. The summed E-state index contributed by atoms with van der Waals surface area (Å²) in [5.41, 5.74) is 0.355. The average molecular weight is 529 g/mol. The van der Waals surface area contributed by atoms with Crippen LogP contribution in [0.5, 0.6) is 17.2 Å². The number of sulfonamides is 1. The summed E-state index contributed by atoms with van der Waals surface area (Å²) >= 11 is 1.52. The lowest BCUT2D eigenvalue weighted by molar-refractivity contribution is -0.120. The normalized spacial score (nSPS) is 14.7. The number of nitrogens with one attached hydrogen (secondary N) is 1. The molecule has 0 saturated carbocycles. The van der Waals surface area contributed by atoms with Gasteiger partial charge in [0.2, 0.25) is 5.91 Å². The summed E-state index contributed by atoms with van der Waals surface area (Å²) in [6.07, 6.45) is 1.53. The van der Waals surface area contributed by atoms with Crippen molar-refractivity contribution < 1.29 is 27.4 Å². The molecule has 0 aromatic heterocycles. The maximum atomic E-state index is 13.6. The van der Waals surface area contributed by atoms with Gasteiger partial charge in [0.15, 0.2) is 11.5 Å². The number of anilines is 1. The number of ether oxygens (including phenoxy) is 3. The van der Waals surface area contributed by atoms with Gasteiger partial charge in [-0.2, -0.15) is 0 Å². The van der Waals surface area contributed by atoms with Gasteiger partial charge >= 0.3 is 0 Å². The maximum absolute atomic E-state index is 13.6. The fourth-order valence-electron chi connectivity index (χ4n) is 3.64. The van der Waals surface area contributed by atoms with Crippen LogP contribution in [0.25, 0.3) is 0 Å². The van der Waals surface area contributed by atoms with Crippen molar-refractivity contribution in [2.45, 2.75) is 22.8 Å². The first kappa shape index (κ1) is 25.7. The van der Waals surface area contributed by atoms with Crippen molar-refractivity contribution in [2.75, 3.05) is 36.9 Å². The maximum Gasteiger partial charge on any atom is 0.264 e. The Bertz CT molecular complexity index is 1280. The molecule has 10 heteroatoms. The molecule has 0 bridgehead atoms. The number of hydrogen-bond acceptors (Lipinski definition) is 7. The zero-order valence-corrected chi connectivity index (χ0v) is 21.7. The van der Waals surface area contributed by atoms with E-state index >= 15 is 0 Å². The minimum atomic E-state index is -4.02. The molecule has 3 aromatic rings. The predicted molar refractivity (Wildman–Crippen MR) is 140 cm³/mol. The molecule has 0 aliphatic carbocycles. The number of amides is 1. The lowest BCUT2D eigenvalue weighted by Crippen LogP contribution is -2.45. The lowest BCUT2D eigenvalue weighted by atomic mass is 10.2. The van der Waals surface area contributed by atoms with Gasteiger partial charge < -0.3 is 19.5 Å². The quantitative estimate of drug-likeness (QED) is 0.398. The zero-order valence-electron chi connectivity index (χ0n) is 20.0. The molecule has 1 aliphatic heterocycles. The Balaban J connectivity index is 1.50. The highest BCUT2D eigenvalue weighted by Crippen LogP contribution is 2.31. The zero-order chi connectivity index (χ0) is 25.5. The van der Waals surface area contributed by atoms with Gasteiger partial charge in [0.05, 0.1) is 23.7 Å². The van der Waals surface area contributed by atoms with Gasteiger partial charge in [-0.1, -0.05) is 12.1 Å². The highest BCUT2D eigenvalue weighted by molar-refractivity contribution is 7.98. The van der Waals surface area contributed by atoms with Crippen molar-refractivity contribution in [3.05, 3.63) is 72.8 Å². The summed E-state index contributed by atoms with van der Waals surface area (Å²) in [6.45, 7) is 2.41. The number of benzene rings is 3. The molecule has 1 aliphatic rings. The number of fused-ring (bicyclic) bond motifs is 1. The molecule has 3 aromatic carbocycles. The minimum absolute atomic E-state index is 0.0996. The van der Waals surface area contributed by atoms with E-state index in [1.165, 1.54) is 11.8 Å². The summed E-state index contributed by atoms with van der Waals surface area (Å²) in [5.74, 6) is 1.41. The molecular formula is C26H28N2O6S2. The van der Waals surface area contributed by atoms with E-state index in [0.29, 0.717) is 29.5 Å². The fraction of sp³-hybridized carbons (Fsp3) is 0.269. The minimum Gasteiger partial charge on any atom is -0.494 e. The molecule has 0 spiro atoms. The van der Waals surface area contributed by atoms with Crippen LogP contribution in [0.4, 0.5) is 5.69 Å². The first-order chi connectivity index (χ1) is 17.4. The summed E-state index contributed by atoms with van der Waals surface area (Å²) in [7, 11) is -4.02. The Hall–Kier alpha value is -3.37. The molecule has 0 fully saturated rings. The van der Waals surface area contributed by atoms with E-state index in [4.69, 9.17) is 14.2 Å². The molecular weight excluding hydrogens is 500 g/mol. The Kier molecular flexibility index (Phi) is 8.27. The average Bonchev–Trinajstić information content (AvgIpc) is 2.91. The Labute approximate surface area is 215 Å². The van der Waals surface area contributed by atoms with Crippen molar-refractivity contribution in [1.29, 1.82) is 0 Å². The molecule has 1 N–H and O–H groups in total. The molecule has 36 heavy (non-hydrogen) atoms. The summed E-state index contributed by atoms with van der Waals surface area (Å²) < 4.78 is 45.3. The summed E-state index contributed by atoms with van der Waals surface area (Å²) in [4.78, 5) is 14.0. The van der Waals surface area contributed by atoms with Crippen molar-refractivity contribution in [1.82, 2.24) is 5.32 Å². The first-order valence-electron chi connectivity index (χ1n) is 11.5. The van der Waals surface area contributed by atoms with E-state index in [1.54, 1.807) is 54.6 Å². The van der Waals surface area contributed by atoms with Gasteiger partial charge in [-0.3, -0.25) is 9.10 Å². The van der Waals surface area contributed by atoms with E-state index in [0.717, 1.165) is 9.20 Å². The van der Waals surface area contributed by atoms with Crippen molar-refractivity contribution >= 4 is 33.4 Å². The van der Waals surface area contributed by atoms with Crippen molar-refractivity contribution in [3.63, 3.8) is 0 Å². The number of carbonyl (C=O) groups is 1. The van der Waals surface area contributed by atoms with Gasteiger partial charge in [0, 0.05) is 4.90 Å². The van der Waals surface area contributed by atoms with Gasteiger partial charge in [-0.15, -0.1) is 11.8 Å². The van der Waals surface area contributed by atoms with E-state index in [9.17, 15) is 13.2 Å². The molecule has 190 valence electrons. The van der Waals surface area contributed by atoms with Crippen LogP contribution in [0.2, 0.25) is 0 Å². The van der Waals surface area contributed by atoms with Crippen LogP contribution in [0, 0.1) is 0 Å². The largest absolute Gasteiger partial charge is 0.494 e. The van der Waals surface area contributed by atoms with Crippen LogP contribution in [0.1, 0.15) is 6.92 Å². The first-order valence-corrected chi connectivity index (χ1v) is 14.1. The van der Waals surface area contributed by atoms with Gasteiger partial charge in [-0.05, 0) is 73.8 Å². The second-order valence-corrected chi connectivity index (χ2v) is 10.7. The van der Waals surface area contributed by atoms with Crippen LogP contribution < -0.4 is 23.8 Å². The van der Waals surface area contributed by atoms with Crippen molar-refractivity contribution in [3.8, 4) is 17.2 Å². The van der Waals surface area contributed by atoms with Gasteiger partial charge in [-0.25, -0.2) is 8.42 Å². The molecule has 4 rings (SSSR count). The lowest BCUT2D eigenvalue weighted by Gasteiger charge is -2.27. The molecule has 1 atom stereocenters. The van der Waals surface area contributed by atoms with Crippen LogP contribution >= 0.6 is 11.8 Å². The van der Waals surface area contributed by atoms with Crippen LogP contribution in [-0.2, 0) is 14.8 Å². The number of nitrogens with zero attached hydrogens (tertiary/aromatic N) is 1. The Morgan fingerprint density at radius 3 is 2.42 bits per heavy atom. The molecule has 0 unspecified atom stereocenters. The van der Waals surface area contributed by atoms with Crippen molar-refractivity contribution in [2.24, 2.45) is 0 Å². The standard InChI is InChI=1S/C26H28N2O6S2/c1-3-32-20-10-8-19(9-11-20)28(36(30,31)23-14-12-22(35-2)13-15-23)17-26(29)27-16-21-18-33-24-6-4-5-7-25(24)34-21/h4-15,21H,3,16-18H2,1-2H3,(H,27,29)/t21-/m0/s1. The number of para-hydroxylation sites is 2. The third-order valence-electron chi connectivity index (χ3n) is 5.46. The van der Waals surface area contributed by atoms with Crippen LogP contribution in [0.3, 0.4) is 0 Å². The number of thioether (sulfide) groups is 1. The predicted octanol–water partition coefficient (Wildman–Crippen LogP) is 3.96. The number of carbonyl (C=O) groups excluding carboxylic acids is 1. The SMILES string of the molecule is CCOc1ccc(N(CC(=O)NC[C@H]2COc3ccccc3O2)S(=O)(=O)c2ccc(SC)cc2)cc1. The monoisotopic (exact) mass is 528 g/mol. The second kappa shape index (κ2) is 11.6. The highest BCUT2D eigenvalue weighted by atomic mass is 32.2. The topological polar surface area (TPSA) is 94.2 Å². The molecule has 8 nitrogen and oxygen atoms in total. The smallest absolute Gasteiger partial charge is 0.264 e. The van der Waals surface area contributed by atoms with Gasteiger partial charge in [0.25, 0.3) is 10.0 Å². The third-order valence-corrected chi connectivity index (χ3v) is 8.00. The van der Waals surface area contributed by atoms with E-state index in [2.05, 4.69) is 5.32 Å². The number of hydrogen-bond donors (Lipinski definition) is 1. The number of rotatable bonds is 10. The second-order valence-electron chi connectivity index (χ2n) is 7.92. The van der Waals surface area contributed by atoms with Gasteiger partial charge in [0.1, 0.15) is 25.0 Å². The molecule has 1 heterocycles. The summed E-state index contributed by atoms with van der Waals surface area (Å²) in [5, 5.41) is 2.78.